The van der Waals surface area contributed by atoms with E-state index in [4.69, 9.17) is 15.5 Å². The van der Waals surface area contributed by atoms with E-state index >= 15 is 0 Å². The molecule has 15 heteroatoms. The van der Waals surface area contributed by atoms with E-state index in [1.165, 1.54) is 0 Å². The number of rotatable bonds is 5. The van der Waals surface area contributed by atoms with Crippen LogP contribution in [-0.4, -0.2) is 58.5 Å². The van der Waals surface area contributed by atoms with Crippen LogP contribution in [-0.2, 0) is 9.09 Å². The van der Waals surface area contributed by atoms with Gasteiger partial charge in [0.2, 0.25) is 5.82 Å². The Morgan fingerprint density at radius 1 is 1.54 bits per heavy atom. The van der Waals surface area contributed by atoms with Crippen molar-refractivity contribution in [2.45, 2.75) is 22.8 Å². The molecule has 1 aromatic heterocycles. The summed E-state index contributed by atoms with van der Waals surface area (Å²) in [5.74, 6) is -0.611. The van der Waals surface area contributed by atoms with Crippen molar-refractivity contribution in [2.75, 3.05) is 12.3 Å². The molecule has 1 aliphatic heterocycles. The molecule has 13 nitrogen and oxygen atoms in total. The second-order valence-electron chi connectivity index (χ2n) is 4.76. The summed E-state index contributed by atoms with van der Waals surface area (Å²) in [4.78, 5) is 42.9. The Morgan fingerprint density at radius 3 is 2.67 bits per heavy atom. The third-order valence-corrected chi connectivity index (χ3v) is 5.25. The van der Waals surface area contributed by atoms with Crippen LogP contribution in [0.5, 0.6) is 0 Å². The third-order valence-electron chi connectivity index (χ3n) is 3.18. The van der Waals surface area contributed by atoms with E-state index in [9.17, 15) is 29.7 Å². The Morgan fingerprint density at radius 2 is 2.17 bits per heavy atom. The quantitative estimate of drug-likeness (QED) is 0.216. The van der Waals surface area contributed by atoms with Crippen LogP contribution in [0.15, 0.2) is 11.0 Å². The predicted octanol–water partition coefficient (Wildman–Crippen LogP) is -1.82. The largest absolute Gasteiger partial charge is 0.469 e. The lowest BCUT2D eigenvalue weighted by Gasteiger charge is -2.21. The van der Waals surface area contributed by atoms with Crippen LogP contribution in [0, 0.1) is 10.1 Å². The van der Waals surface area contributed by atoms with Crippen LogP contribution in [0.2, 0.25) is 0 Å². The first-order valence-corrected chi connectivity index (χ1v) is 8.74. The van der Waals surface area contributed by atoms with E-state index < -0.39 is 59.4 Å². The van der Waals surface area contributed by atoms with Gasteiger partial charge < -0.3 is 25.7 Å². The fourth-order valence-corrected chi connectivity index (χ4v) is 4.26. The molecule has 2 heterocycles. The average molecular weight is 384 g/mol. The molecular formula is C9H13N4O9PS. The maximum atomic E-state index is 11.9. The van der Waals surface area contributed by atoms with Gasteiger partial charge >= 0.3 is 19.2 Å². The molecule has 0 spiro atoms. The van der Waals surface area contributed by atoms with Gasteiger partial charge in [0.1, 0.15) is 17.6 Å². The molecule has 24 heavy (non-hydrogen) atoms. The molecular weight excluding hydrogens is 371 g/mol. The van der Waals surface area contributed by atoms with E-state index in [2.05, 4.69) is 9.51 Å². The number of aliphatic hydroxyl groups excluding tert-OH is 2. The van der Waals surface area contributed by atoms with Gasteiger partial charge in [-0.1, -0.05) is 0 Å². The minimum atomic E-state index is -4.98. The van der Waals surface area contributed by atoms with Crippen molar-refractivity contribution >= 4 is 31.1 Å². The molecule has 0 radical (unpaired) electrons. The lowest BCUT2D eigenvalue weighted by molar-refractivity contribution is -0.384. The summed E-state index contributed by atoms with van der Waals surface area (Å²) in [6, 6.07) is 0. The van der Waals surface area contributed by atoms with E-state index in [1.807, 2.05) is 0 Å². The SMILES string of the molecule is Nc1nc(=O)n(C2SC(CO)C(OP(=O)(O)O)C2O)cc1[N+](=O)[O-]. The summed E-state index contributed by atoms with van der Waals surface area (Å²) in [7, 11) is -4.98. The van der Waals surface area contributed by atoms with Crippen LogP contribution in [0.1, 0.15) is 5.37 Å². The van der Waals surface area contributed by atoms with E-state index in [-0.39, 0.29) is 0 Å². The van der Waals surface area contributed by atoms with Crippen molar-refractivity contribution in [3.63, 3.8) is 0 Å². The van der Waals surface area contributed by atoms with E-state index in [0.29, 0.717) is 4.57 Å². The molecule has 1 aromatic rings. The standard InChI is InChI=1S/C9H13N4O9PS/c10-7-3(13(17)18)1-12(9(16)11-7)8-5(15)6(4(2-14)24-8)22-23(19,20)21/h1,4-6,8,14-15H,2H2,(H2,10,11,16)(H2,19,20,21). The van der Waals surface area contributed by atoms with Crippen molar-refractivity contribution in [1.29, 1.82) is 0 Å². The van der Waals surface area contributed by atoms with Gasteiger partial charge in [-0.2, -0.15) is 4.98 Å². The maximum absolute atomic E-state index is 11.9. The molecule has 1 saturated heterocycles. The number of aliphatic hydroxyl groups is 2. The highest BCUT2D eigenvalue weighted by Gasteiger charge is 2.48. The Bertz CT molecular complexity index is 751. The van der Waals surface area contributed by atoms with Crippen molar-refractivity contribution in [1.82, 2.24) is 9.55 Å². The van der Waals surface area contributed by atoms with Crippen LogP contribution in [0.4, 0.5) is 11.5 Å². The van der Waals surface area contributed by atoms with Gasteiger partial charge in [0.05, 0.1) is 23.0 Å². The number of nitrogen functional groups attached to an aromatic ring is 1. The molecule has 2 rings (SSSR count). The second-order valence-corrected chi connectivity index (χ2v) is 7.31. The fourth-order valence-electron chi connectivity index (χ4n) is 2.18. The highest BCUT2D eigenvalue weighted by atomic mass is 32.2. The number of phosphoric ester groups is 1. The Kier molecular flexibility index (Phi) is 5.29. The van der Waals surface area contributed by atoms with Crippen molar-refractivity contribution < 1.29 is 34.0 Å². The number of nitrogens with zero attached hydrogens (tertiary/aromatic N) is 3. The Labute approximate surface area is 137 Å². The number of hydrogen-bond donors (Lipinski definition) is 5. The Hall–Kier alpha value is -1.54. The first kappa shape index (κ1) is 18.8. The minimum absolute atomic E-state index is 0.611. The molecule has 0 aromatic carbocycles. The topological polar surface area (TPSA) is 211 Å². The Balaban J connectivity index is 2.43. The normalized spacial score (nSPS) is 27.3. The summed E-state index contributed by atoms with van der Waals surface area (Å²) >= 11 is 0.752. The fraction of sp³-hybridized carbons (Fsp3) is 0.556. The summed E-state index contributed by atoms with van der Waals surface area (Å²) < 4.78 is 16.1. The zero-order valence-corrected chi connectivity index (χ0v) is 13.4. The number of aromatic nitrogens is 2. The maximum Gasteiger partial charge on any atom is 0.469 e. The average Bonchev–Trinajstić information content (AvgIpc) is 2.74. The number of nitrogens with two attached hydrogens (primary N) is 1. The van der Waals surface area contributed by atoms with Gasteiger partial charge in [-0.05, 0) is 0 Å². The molecule has 0 amide bonds. The monoisotopic (exact) mass is 384 g/mol. The van der Waals surface area contributed by atoms with Gasteiger partial charge in [-0.25, -0.2) is 9.36 Å². The van der Waals surface area contributed by atoms with Crippen LogP contribution in [0.3, 0.4) is 0 Å². The number of phosphoric acid groups is 1. The first-order chi connectivity index (χ1) is 11.0. The third kappa shape index (κ3) is 3.75. The highest BCUT2D eigenvalue weighted by molar-refractivity contribution is 8.00. The van der Waals surface area contributed by atoms with Crippen molar-refractivity contribution in [3.05, 3.63) is 26.8 Å². The van der Waals surface area contributed by atoms with Crippen molar-refractivity contribution in [2.24, 2.45) is 0 Å². The molecule has 6 N–H and O–H groups in total. The molecule has 0 aliphatic carbocycles. The molecule has 1 aliphatic rings. The lowest BCUT2D eigenvalue weighted by Crippen LogP contribution is -2.37. The summed E-state index contributed by atoms with van der Waals surface area (Å²) in [6.45, 7) is -0.623. The van der Waals surface area contributed by atoms with Crippen molar-refractivity contribution in [3.8, 4) is 0 Å². The molecule has 4 unspecified atom stereocenters. The van der Waals surface area contributed by atoms with Gasteiger partial charge in [0.25, 0.3) is 0 Å². The number of nitro groups is 1. The molecule has 1 fully saturated rings. The van der Waals surface area contributed by atoms with Crippen LogP contribution < -0.4 is 11.4 Å². The molecule has 134 valence electrons. The molecule has 0 saturated carbocycles. The number of thioether (sulfide) groups is 1. The highest BCUT2D eigenvalue weighted by Crippen LogP contribution is 2.49. The predicted molar refractivity (Wildman–Crippen MR) is 80.0 cm³/mol. The summed E-state index contributed by atoms with van der Waals surface area (Å²) in [6.07, 6.45) is -2.39. The van der Waals surface area contributed by atoms with Crippen LogP contribution >= 0.6 is 19.6 Å². The summed E-state index contributed by atoms with van der Waals surface area (Å²) in [5, 5.41) is 28.2. The zero-order chi connectivity index (χ0) is 18.2. The van der Waals surface area contributed by atoms with Gasteiger partial charge in [0.15, 0.2) is 0 Å². The number of hydrogen-bond acceptors (Lipinski definition) is 10. The molecule has 4 atom stereocenters. The zero-order valence-electron chi connectivity index (χ0n) is 11.7. The van der Waals surface area contributed by atoms with Gasteiger partial charge in [-0.3, -0.25) is 19.2 Å². The lowest BCUT2D eigenvalue weighted by atomic mass is 10.1. The molecule has 0 bridgehead atoms. The van der Waals surface area contributed by atoms with E-state index in [1.54, 1.807) is 0 Å². The van der Waals surface area contributed by atoms with Gasteiger partial charge in [0, 0.05) is 0 Å². The second kappa shape index (κ2) is 6.76. The minimum Gasteiger partial charge on any atom is -0.395 e. The first-order valence-electron chi connectivity index (χ1n) is 6.26. The van der Waals surface area contributed by atoms with Crippen LogP contribution in [0.25, 0.3) is 0 Å². The van der Waals surface area contributed by atoms with E-state index in [0.717, 1.165) is 18.0 Å². The van der Waals surface area contributed by atoms with Gasteiger partial charge in [-0.15, -0.1) is 11.8 Å². The summed E-state index contributed by atoms with van der Waals surface area (Å²) in [5.41, 5.74) is 3.60. The smallest absolute Gasteiger partial charge is 0.395 e. The number of anilines is 1.